The van der Waals surface area contributed by atoms with Gasteiger partial charge >= 0.3 is 12.1 Å². The molecule has 1 saturated carbocycles. The molecule has 0 radical (unpaired) electrons. The summed E-state index contributed by atoms with van der Waals surface area (Å²) in [5.41, 5.74) is 5.84. The smallest absolute Gasteiger partial charge is 0.408 e. The van der Waals surface area contributed by atoms with Gasteiger partial charge in [-0.05, 0) is 51.2 Å². The van der Waals surface area contributed by atoms with Gasteiger partial charge in [0.25, 0.3) is 0 Å². The van der Waals surface area contributed by atoms with Crippen molar-refractivity contribution in [3.05, 3.63) is 35.4 Å². The molecule has 2 rings (SSSR count). The number of carbonyl (C=O) groups is 5. The van der Waals surface area contributed by atoms with Crippen LogP contribution in [0.1, 0.15) is 57.7 Å². The Kier molecular flexibility index (Phi) is 9.43. The number of nitrogens with two attached hydrogens (primary N) is 1. The van der Waals surface area contributed by atoms with E-state index in [0.29, 0.717) is 12.0 Å². The van der Waals surface area contributed by atoms with Gasteiger partial charge in [0.1, 0.15) is 24.2 Å². The number of amides is 4. The predicted molar refractivity (Wildman–Crippen MR) is 130 cm³/mol. The van der Waals surface area contributed by atoms with Crippen LogP contribution in [-0.4, -0.2) is 66.0 Å². The molecule has 0 bridgehead atoms. The second-order valence-corrected chi connectivity index (χ2v) is 9.95. The molecule has 0 heterocycles. The lowest BCUT2D eigenvalue weighted by molar-refractivity contribution is -0.146. The molecule has 1 aromatic rings. The van der Waals surface area contributed by atoms with Crippen molar-refractivity contribution in [3.8, 4) is 0 Å². The number of rotatable bonds is 10. The summed E-state index contributed by atoms with van der Waals surface area (Å²) in [5, 5.41) is 4.98. The largest absolute Gasteiger partial charge is 0.468 e. The lowest BCUT2D eigenvalue weighted by Gasteiger charge is -2.35. The predicted octanol–water partition coefficient (Wildman–Crippen LogP) is 1.33. The first-order chi connectivity index (χ1) is 16.7. The van der Waals surface area contributed by atoms with Crippen molar-refractivity contribution in [2.24, 2.45) is 11.7 Å². The van der Waals surface area contributed by atoms with Crippen LogP contribution in [0.4, 0.5) is 4.79 Å². The first kappa shape index (κ1) is 28.6. The molecule has 0 saturated heterocycles. The molecule has 11 heteroatoms. The number of carbonyl (C=O) groups excluding carboxylic acids is 5. The molecule has 0 spiro atoms. The summed E-state index contributed by atoms with van der Waals surface area (Å²) < 4.78 is 9.88. The van der Waals surface area contributed by atoms with E-state index in [1.807, 2.05) is 6.92 Å². The lowest BCUT2D eigenvalue weighted by Crippen LogP contribution is -2.55. The Morgan fingerprint density at radius 3 is 2.28 bits per heavy atom. The SMILES string of the molecule is COC(=O)CNC(=O)C(c1ccccc1C)N(C(=O)C(CC(N)=O)NC(=O)OC(C)(C)C)C1CC1C. The van der Waals surface area contributed by atoms with Crippen LogP contribution in [0.5, 0.6) is 0 Å². The average Bonchev–Trinajstić information content (AvgIpc) is 3.49. The molecule has 198 valence electrons. The van der Waals surface area contributed by atoms with Gasteiger partial charge in [-0.2, -0.15) is 0 Å². The van der Waals surface area contributed by atoms with Crippen LogP contribution in [0, 0.1) is 12.8 Å². The molecule has 0 aromatic heterocycles. The highest BCUT2D eigenvalue weighted by Crippen LogP contribution is 2.41. The maximum Gasteiger partial charge on any atom is 0.408 e. The van der Waals surface area contributed by atoms with Gasteiger partial charge in [0.15, 0.2) is 0 Å². The fraction of sp³-hybridized carbons (Fsp3) is 0.560. The van der Waals surface area contributed by atoms with Crippen molar-refractivity contribution < 1.29 is 33.4 Å². The Balaban J connectivity index is 2.49. The van der Waals surface area contributed by atoms with Gasteiger partial charge in [0.05, 0.1) is 13.5 Å². The number of hydrogen-bond donors (Lipinski definition) is 3. The standard InChI is InChI=1S/C25H36N4O7/c1-14-9-7-8-10-16(14)21(22(32)27-13-20(31)35-6)29(18-11-15(18)2)23(33)17(12-19(26)30)28-24(34)36-25(3,4)5/h7-10,15,17-18,21H,11-13H2,1-6H3,(H2,26,30)(H,27,32)(H,28,34). The third kappa shape index (κ3) is 7.96. The number of alkyl carbamates (subject to hydrolysis) is 1. The number of nitrogens with zero attached hydrogens (tertiary/aromatic N) is 1. The van der Waals surface area contributed by atoms with E-state index in [0.717, 1.165) is 5.56 Å². The van der Waals surface area contributed by atoms with Gasteiger partial charge in [-0.15, -0.1) is 0 Å². The zero-order chi connectivity index (χ0) is 27.2. The molecular weight excluding hydrogens is 468 g/mol. The summed E-state index contributed by atoms with van der Waals surface area (Å²) >= 11 is 0. The molecule has 1 aliphatic carbocycles. The zero-order valence-corrected chi connectivity index (χ0v) is 21.6. The molecule has 4 atom stereocenters. The van der Waals surface area contributed by atoms with Crippen molar-refractivity contribution in [2.75, 3.05) is 13.7 Å². The summed E-state index contributed by atoms with van der Waals surface area (Å²) in [6.07, 6.45) is -0.762. The van der Waals surface area contributed by atoms with Gasteiger partial charge in [0, 0.05) is 6.04 Å². The van der Waals surface area contributed by atoms with Crippen LogP contribution in [-0.2, 0) is 28.7 Å². The number of aryl methyl sites for hydroxylation is 1. The number of primary amides is 1. The Labute approximate surface area is 211 Å². The fourth-order valence-corrected chi connectivity index (χ4v) is 3.84. The van der Waals surface area contributed by atoms with E-state index >= 15 is 0 Å². The molecule has 36 heavy (non-hydrogen) atoms. The summed E-state index contributed by atoms with van der Waals surface area (Å²) in [6, 6.07) is 4.24. The van der Waals surface area contributed by atoms with Crippen molar-refractivity contribution in [2.45, 2.75) is 71.2 Å². The van der Waals surface area contributed by atoms with E-state index in [9.17, 15) is 24.0 Å². The maximum absolute atomic E-state index is 13.9. The van der Waals surface area contributed by atoms with Crippen LogP contribution in [0.25, 0.3) is 0 Å². The first-order valence-corrected chi connectivity index (χ1v) is 11.7. The fourth-order valence-electron chi connectivity index (χ4n) is 3.84. The Hall–Kier alpha value is -3.63. The molecule has 1 fully saturated rings. The van der Waals surface area contributed by atoms with E-state index in [-0.39, 0.29) is 18.5 Å². The highest BCUT2D eigenvalue weighted by atomic mass is 16.6. The monoisotopic (exact) mass is 504 g/mol. The lowest BCUT2D eigenvalue weighted by atomic mass is 9.97. The minimum absolute atomic E-state index is 0.0737. The van der Waals surface area contributed by atoms with Crippen molar-refractivity contribution in [3.63, 3.8) is 0 Å². The van der Waals surface area contributed by atoms with E-state index in [1.165, 1.54) is 12.0 Å². The number of ether oxygens (including phenoxy) is 2. The minimum atomic E-state index is -1.36. The quantitative estimate of drug-likeness (QED) is 0.406. The summed E-state index contributed by atoms with van der Waals surface area (Å²) in [5.74, 6) is -2.64. The van der Waals surface area contributed by atoms with Gasteiger partial charge in [-0.1, -0.05) is 31.2 Å². The van der Waals surface area contributed by atoms with Crippen molar-refractivity contribution >= 4 is 29.8 Å². The topological polar surface area (TPSA) is 157 Å². The van der Waals surface area contributed by atoms with Crippen LogP contribution in [0.2, 0.25) is 0 Å². The molecule has 4 N–H and O–H groups in total. The maximum atomic E-state index is 13.9. The third-order valence-corrected chi connectivity index (χ3v) is 5.72. The molecule has 4 amide bonds. The Morgan fingerprint density at radius 1 is 1.17 bits per heavy atom. The van der Waals surface area contributed by atoms with Crippen molar-refractivity contribution in [1.29, 1.82) is 0 Å². The zero-order valence-electron chi connectivity index (χ0n) is 21.6. The van der Waals surface area contributed by atoms with Crippen LogP contribution in [0.3, 0.4) is 0 Å². The molecule has 0 aliphatic heterocycles. The average molecular weight is 505 g/mol. The third-order valence-electron chi connectivity index (χ3n) is 5.72. The highest BCUT2D eigenvalue weighted by Gasteiger charge is 2.48. The minimum Gasteiger partial charge on any atom is -0.468 e. The van der Waals surface area contributed by atoms with Gasteiger partial charge in [0.2, 0.25) is 17.7 Å². The summed E-state index contributed by atoms with van der Waals surface area (Å²) in [6.45, 7) is 8.33. The molecular formula is C25H36N4O7. The van der Waals surface area contributed by atoms with Gasteiger partial charge < -0.3 is 30.7 Å². The van der Waals surface area contributed by atoms with Crippen LogP contribution in [0.15, 0.2) is 24.3 Å². The number of nitrogens with one attached hydrogen (secondary N) is 2. The molecule has 11 nitrogen and oxygen atoms in total. The summed E-state index contributed by atoms with van der Waals surface area (Å²) in [7, 11) is 1.20. The molecule has 1 aliphatic rings. The summed E-state index contributed by atoms with van der Waals surface area (Å²) in [4.78, 5) is 64.7. The van der Waals surface area contributed by atoms with Gasteiger partial charge in [-0.3, -0.25) is 19.2 Å². The van der Waals surface area contributed by atoms with E-state index < -0.39 is 53.9 Å². The first-order valence-electron chi connectivity index (χ1n) is 11.7. The number of esters is 1. The van der Waals surface area contributed by atoms with Gasteiger partial charge in [-0.25, -0.2) is 4.79 Å². The molecule has 4 unspecified atom stereocenters. The second kappa shape index (κ2) is 11.9. The Morgan fingerprint density at radius 2 is 1.78 bits per heavy atom. The number of hydrogen-bond acceptors (Lipinski definition) is 7. The number of methoxy groups -OCH3 is 1. The van der Waals surface area contributed by atoms with E-state index in [4.69, 9.17) is 10.5 Å². The van der Waals surface area contributed by atoms with E-state index in [1.54, 1.807) is 52.0 Å². The van der Waals surface area contributed by atoms with Crippen LogP contribution < -0.4 is 16.4 Å². The van der Waals surface area contributed by atoms with Crippen LogP contribution >= 0.6 is 0 Å². The number of benzene rings is 1. The van der Waals surface area contributed by atoms with Crippen molar-refractivity contribution in [1.82, 2.24) is 15.5 Å². The Bertz CT molecular complexity index is 1000. The molecule has 1 aromatic carbocycles. The second-order valence-electron chi connectivity index (χ2n) is 9.95. The van der Waals surface area contributed by atoms with E-state index in [2.05, 4.69) is 15.4 Å². The normalized spacial score (nSPS) is 18.3. The highest BCUT2D eigenvalue weighted by molar-refractivity contribution is 5.95.